The lowest BCUT2D eigenvalue weighted by atomic mass is 10.0. The summed E-state index contributed by atoms with van der Waals surface area (Å²) >= 11 is 0. The number of rotatable bonds is 45. The summed E-state index contributed by atoms with van der Waals surface area (Å²) in [6, 6.07) is 0. The second kappa shape index (κ2) is 47.3. The normalized spacial score (nSPS) is 12.3. The summed E-state index contributed by atoms with van der Waals surface area (Å²) in [4.78, 5) is 37.9. The number of unbranched alkanes of at least 4 members (excludes halogenated alkanes) is 28. The second-order valence-electron chi connectivity index (χ2n) is 16.7. The van der Waals surface area contributed by atoms with E-state index in [0.717, 1.165) is 96.3 Å². The Kier molecular flexibility index (Phi) is 45.4. The van der Waals surface area contributed by atoms with E-state index in [4.69, 9.17) is 14.2 Å². The average Bonchev–Trinajstić information content (AvgIpc) is 3.22. The van der Waals surface area contributed by atoms with Gasteiger partial charge in [-0.1, -0.05) is 205 Å². The zero-order valence-electron chi connectivity index (χ0n) is 38.6. The predicted octanol–water partition coefficient (Wildman–Crippen LogP) is 16.1. The number of allylic oxidation sites excluding steroid dienone is 6. The lowest BCUT2D eigenvalue weighted by Gasteiger charge is -2.18. The maximum absolute atomic E-state index is 12.7. The topological polar surface area (TPSA) is 78.9 Å². The second-order valence-corrected chi connectivity index (χ2v) is 16.7. The molecule has 0 amide bonds. The van der Waals surface area contributed by atoms with Gasteiger partial charge >= 0.3 is 17.9 Å². The standard InChI is InChI=1S/C52H94O6/c1-4-7-10-13-16-19-22-25-26-28-30-33-36-39-42-45-51(54)57-48-49(47-56-50(53)44-41-38-35-32-29-24-21-18-15-12-9-6-3)58-52(55)46-43-40-37-34-31-27-23-20-17-14-11-8-5-2/h11,14,20,23,25-26,49H,4-10,12-13,15-19,21-22,24,27-48H2,1-3H3/b14-11-,23-20-,26-25-. The lowest BCUT2D eigenvalue weighted by molar-refractivity contribution is -0.167. The van der Waals surface area contributed by atoms with Gasteiger partial charge in [0, 0.05) is 19.3 Å². The molecule has 1 atom stereocenters. The van der Waals surface area contributed by atoms with Crippen LogP contribution in [0.15, 0.2) is 36.5 Å². The van der Waals surface area contributed by atoms with E-state index >= 15 is 0 Å². The van der Waals surface area contributed by atoms with Crippen molar-refractivity contribution in [1.29, 1.82) is 0 Å². The molecule has 1 unspecified atom stereocenters. The first-order chi connectivity index (χ1) is 28.5. The highest BCUT2D eigenvalue weighted by Crippen LogP contribution is 2.15. The average molecular weight is 815 g/mol. The molecule has 0 saturated carbocycles. The summed E-state index contributed by atoms with van der Waals surface area (Å²) in [7, 11) is 0. The van der Waals surface area contributed by atoms with Crippen LogP contribution in [0.2, 0.25) is 0 Å². The molecular formula is C52H94O6. The van der Waals surface area contributed by atoms with Crippen LogP contribution in [0.5, 0.6) is 0 Å². The van der Waals surface area contributed by atoms with Gasteiger partial charge in [0.25, 0.3) is 0 Å². The van der Waals surface area contributed by atoms with Crippen molar-refractivity contribution in [2.75, 3.05) is 13.2 Å². The van der Waals surface area contributed by atoms with Crippen molar-refractivity contribution in [3.8, 4) is 0 Å². The van der Waals surface area contributed by atoms with Crippen LogP contribution in [0.3, 0.4) is 0 Å². The Morgan fingerprint density at radius 1 is 0.345 bits per heavy atom. The third-order valence-electron chi connectivity index (χ3n) is 10.8. The number of ether oxygens (including phenoxy) is 3. The molecule has 6 heteroatoms. The third kappa shape index (κ3) is 44.7. The minimum Gasteiger partial charge on any atom is -0.462 e. The molecule has 338 valence electrons. The Morgan fingerprint density at radius 3 is 1.03 bits per heavy atom. The van der Waals surface area contributed by atoms with Gasteiger partial charge in [-0.25, -0.2) is 0 Å². The molecule has 0 radical (unpaired) electrons. The summed E-state index contributed by atoms with van der Waals surface area (Å²) < 4.78 is 16.8. The van der Waals surface area contributed by atoms with Crippen LogP contribution in [0.25, 0.3) is 0 Å². The zero-order valence-corrected chi connectivity index (χ0v) is 38.6. The predicted molar refractivity (Wildman–Crippen MR) is 247 cm³/mol. The first-order valence-corrected chi connectivity index (χ1v) is 25.0. The molecule has 0 saturated heterocycles. The van der Waals surface area contributed by atoms with Gasteiger partial charge < -0.3 is 14.2 Å². The van der Waals surface area contributed by atoms with Gasteiger partial charge in [-0.2, -0.15) is 0 Å². The molecule has 58 heavy (non-hydrogen) atoms. The maximum atomic E-state index is 12.7. The fraction of sp³-hybridized carbons (Fsp3) is 0.827. The van der Waals surface area contributed by atoms with Crippen LogP contribution >= 0.6 is 0 Å². The summed E-state index contributed by atoms with van der Waals surface area (Å²) in [5, 5.41) is 0. The molecule has 0 N–H and O–H groups in total. The van der Waals surface area contributed by atoms with Gasteiger partial charge in [0.1, 0.15) is 13.2 Å². The monoisotopic (exact) mass is 815 g/mol. The van der Waals surface area contributed by atoms with Crippen LogP contribution in [0.1, 0.15) is 258 Å². The summed E-state index contributed by atoms with van der Waals surface area (Å²) in [6.45, 7) is 6.56. The molecule has 0 aromatic heterocycles. The quantitative estimate of drug-likeness (QED) is 0.0264. The Labute approximate surface area is 359 Å². The first kappa shape index (κ1) is 55.6. The van der Waals surface area contributed by atoms with Crippen molar-refractivity contribution in [3.05, 3.63) is 36.5 Å². The van der Waals surface area contributed by atoms with Crippen LogP contribution < -0.4 is 0 Å². The maximum Gasteiger partial charge on any atom is 0.306 e. The van der Waals surface area contributed by atoms with E-state index in [-0.39, 0.29) is 31.1 Å². The Balaban J connectivity index is 4.38. The molecule has 0 aliphatic heterocycles. The number of hydrogen-bond donors (Lipinski definition) is 0. The van der Waals surface area contributed by atoms with Crippen LogP contribution in [0, 0.1) is 0 Å². The molecule has 0 fully saturated rings. The van der Waals surface area contributed by atoms with Gasteiger partial charge in [-0.05, 0) is 70.6 Å². The number of carbonyl (C=O) groups excluding carboxylic acids is 3. The van der Waals surface area contributed by atoms with Crippen molar-refractivity contribution < 1.29 is 28.6 Å². The molecule has 6 nitrogen and oxygen atoms in total. The van der Waals surface area contributed by atoms with Crippen molar-refractivity contribution in [2.24, 2.45) is 0 Å². The van der Waals surface area contributed by atoms with Gasteiger partial charge in [0.2, 0.25) is 0 Å². The molecule has 0 aromatic carbocycles. The van der Waals surface area contributed by atoms with E-state index in [0.29, 0.717) is 19.3 Å². The highest BCUT2D eigenvalue weighted by molar-refractivity contribution is 5.71. The molecule has 0 aliphatic carbocycles. The minimum atomic E-state index is -0.778. The van der Waals surface area contributed by atoms with E-state index < -0.39 is 6.10 Å². The minimum absolute atomic E-state index is 0.0779. The van der Waals surface area contributed by atoms with Crippen molar-refractivity contribution in [1.82, 2.24) is 0 Å². The SMILES string of the molecule is CCC/C=C\C/C=C\CCCCCCCC(=O)OC(COC(=O)CCCCCCC/C=C\CCCCCCCC)COC(=O)CCCCCCCCCCCCCC. The molecular weight excluding hydrogens is 721 g/mol. The van der Waals surface area contributed by atoms with Crippen LogP contribution in [0.4, 0.5) is 0 Å². The number of hydrogen-bond acceptors (Lipinski definition) is 6. The van der Waals surface area contributed by atoms with Gasteiger partial charge in [-0.3, -0.25) is 14.4 Å². The van der Waals surface area contributed by atoms with Crippen molar-refractivity contribution in [3.63, 3.8) is 0 Å². The zero-order chi connectivity index (χ0) is 42.3. The molecule has 0 aliphatic rings. The Hall–Kier alpha value is -2.37. The van der Waals surface area contributed by atoms with E-state index in [9.17, 15) is 14.4 Å². The van der Waals surface area contributed by atoms with Crippen molar-refractivity contribution >= 4 is 17.9 Å². The number of esters is 3. The van der Waals surface area contributed by atoms with Gasteiger partial charge in [0.15, 0.2) is 6.10 Å². The fourth-order valence-electron chi connectivity index (χ4n) is 7.06. The van der Waals surface area contributed by atoms with Crippen LogP contribution in [-0.2, 0) is 28.6 Å². The number of carbonyl (C=O) groups is 3. The van der Waals surface area contributed by atoms with Crippen LogP contribution in [-0.4, -0.2) is 37.2 Å². The lowest BCUT2D eigenvalue weighted by Crippen LogP contribution is -2.30. The summed E-state index contributed by atoms with van der Waals surface area (Å²) in [6.07, 6.45) is 54.1. The Morgan fingerprint density at radius 2 is 0.655 bits per heavy atom. The smallest absolute Gasteiger partial charge is 0.306 e. The Bertz CT molecular complexity index is 984. The molecule has 0 rings (SSSR count). The highest BCUT2D eigenvalue weighted by Gasteiger charge is 2.19. The fourth-order valence-corrected chi connectivity index (χ4v) is 7.06. The highest BCUT2D eigenvalue weighted by atomic mass is 16.6. The van der Waals surface area contributed by atoms with E-state index in [1.165, 1.54) is 122 Å². The molecule has 0 spiro atoms. The summed E-state index contributed by atoms with van der Waals surface area (Å²) in [5.41, 5.74) is 0. The first-order valence-electron chi connectivity index (χ1n) is 25.0. The van der Waals surface area contributed by atoms with E-state index in [1.54, 1.807) is 0 Å². The van der Waals surface area contributed by atoms with Gasteiger partial charge in [-0.15, -0.1) is 0 Å². The van der Waals surface area contributed by atoms with E-state index in [2.05, 4.69) is 57.2 Å². The third-order valence-corrected chi connectivity index (χ3v) is 10.8. The molecule has 0 aromatic rings. The van der Waals surface area contributed by atoms with Crippen molar-refractivity contribution in [2.45, 2.75) is 264 Å². The van der Waals surface area contributed by atoms with E-state index in [1.807, 2.05) is 0 Å². The molecule has 0 heterocycles. The molecule has 0 bridgehead atoms. The largest absolute Gasteiger partial charge is 0.462 e. The van der Waals surface area contributed by atoms with Gasteiger partial charge in [0.05, 0.1) is 0 Å². The summed E-state index contributed by atoms with van der Waals surface area (Å²) in [5.74, 6) is -0.894.